The van der Waals surface area contributed by atoms with Crippen LogP contribution in [0.5, 0.6) is 0 Å². The smallest absolute Gasteiger partial charge is 0.345 e. The van der Waals surface area contributed by atoms with Crippen molar-refractivity contribution in [2.45, 2.75) is 45.7 Å². The van der Waals surface area contributed by atoms with Crippen molar-refractivity contribution in [1.29, 1.82) is 0 Å². The summed E-state index contributed by atoms with van der Waals surface area (Å²) in [7, 11) is 0. The number of aryl methyl sites for hydroxylation is 3. The van der Waals surface area contributed by atoms with Gasteiger partial charge >= 0.3 is 5.69 Å². The number of rotatable bonds is 6. The summed E-state index contributed by atoms with van der Waals surface area (Å²) in [5.74, 6) is 1.50. The lowest BCUT2D eigenvalue weighted by atomic mass is 10.2. The number of anilines is 1. The summed E-state index contributed by atoms with van der Waals surface area (Å²) in [6.45, 7) is 3.69. The third-order valence-electron chi connectivity index (χ3n) is 4.15. The van der Waals surface area contributed by atoms with E-state index in [0.717, 1.165) is 37.2 Å². The molecule has 3 rings (SSSR count). The predicted molar refractivity (Wildman–Crippen MR) is 88.2 cm³/mol. The number of aromatic nitrogens is 4. The van der Waals surface area contributed by atoms with E-state index >= 15 is 0 Å². The number of nitro groups is 1. The number of pyridine rings is 1. The fourth-order valence-electron chi connectivity index (χ4n) is 2.87. The molecule has 128 valence electrons. The average Bonchev–Trinajstić information content (AvgIpc) is 2.89. The molecule has 0 fully saturated rings. The van der Waals surface area contributed by atoms with Gasteiger partial charge in [-0.15, -0.1) is 0 Å². The van der Waals surface area contributed by atoms with E-state index in [1.807, 2.05) is 0 Å². The van der Waals surface area contributed by atoms with Crippen molar-refractivity contribution in [3.63, 3.8) is 0 Å². The lowest BCUT2D eigenvalue weighted by Crippen LogP contribution is -2.27. The zero-order chi connectivity index (χ0) is 17.1. The molecule has 0 amide bonds. The van der Waals surface area contributed by atoms with E-state index in [1.165, 1.54) is 16.9 Å². The SMILES string of the molecule is Cc1cc([N+](=O)[O-])cnc1NCCCn1nc2n(c1=O)CCCC2. The Kier molecular flexibility index (Phi) is 4.59. The van der Waals surface area contributed by atoms with Gasteiger partial charge in [0.05, 0.1) is 4.92 Å². The minimum Gasteiger partial charge on any atom is -0.370 e. The summed E-state index contributed by atoms with van der Waals surface area (Å²) in [5.41, 5.74) is 0.668. The molecular weight excluding hydrogens is 312 g/mol. The molecular formula is C15H20N6O3. The van der Waals surface area contributed by atoms with E-state index in [4.69, 9.17) is 0 Å². The quantitative estimate of drug-likeness (QED) is 0.488. The minimum atomic E-state index is -0.462. The average molecular weight is 332 g/mol. The maximum atomic E-state index is 12.2. The minimum absolute atomic E-state index is 0.0202. The van der Waals surface area contributed by atoms with Crippen molar-refractivity contribution in [2.24, 2.45) is 0 Å². The molecule has 24 heavy (non-hydrogen) atoms. The van der Waals surface area contributed by atoms with Crippen LogP contribution >= 0.6 is 0 Å². The maximum Gasteiger partial charge on any atom is 0.345 e. The Morgan fingerprint density at radius 1 is 1.42 bits per heavy atom. The third kappa shape index (κ3) is 3.29. The number of hydrogen-bond donors (Lipinski definition) is 1. The summed E-state index contributed by atoms with van der Waals surface area (Å²) >= 11 is 0. The molecule has 3 heterocycles. The Labute approximate surface area is 138 Å². The van der Waals surface area contributed by atoms with Gasteiger partial charge in [0.1, 0.15) is 17.8 Å². The van der Waals surface area contributed by atoms with Gasteiger partial charge in [-0.25, -0.2) is 14.5 Å². The van der Waals surface area contributed by atoms with Gasteiger partial charge in [-0.1, -0.05) is 0 Å². The van der Waals surface area contributed by atoms with Gasteiger partial charge in [-0.3, -0.25) is 14.7 Å². The summed E-state index contributed by atoms with van der Waals surface area (Å²) < 4.78 is 3.29. The molecule has 0 atom stereocenters. The molecule has 0 unspecified atom stereocenters. The van der Waals surface area contributed by atoms with Gasteiger partial charge < -0.3 is 5.32 Å². The maximum absolute atomic E-state index is 12.2. The van der Waals surface area contributed by atoms with Crippen molar-refractivity contribution in [2.75, 3.05) is 11.9 Å². The summed E-state index contributed by atoms with van der Waals surface area (Å²) in [5, 5.41) is 18.2. The topological polar surface area (TPSA) is 108 Å². The molecule has 0 spiro atoms. The molecule has 9 nitrogen and oxygen atoms in total. The highest BCUT2D eigenvalue weighted by Crippen LogP contribution is 2.17. The molecule has 0 radical (unpaired) electrons. The van der Waals surface area contributed by atoms with Gasteiger partial charge in [0.2, 0.25) is 0 Å². The first-order valence-corrected chi connectivity index (χ1v) is 8.07. The van der Waals surface area contributed by atoms with Gasteiger partial charge in [0.25, 0.3) is 5.69 Å². The second kappa shape index (κ2) is 6.81. The number of nitrogens with zero attached hydrogens (tertiary/aromatic N) is 5. The summed E-state index contributed by atoms with van der Waals surface area (Å²) in [6, 6.07) is 1.49. The molecule has 0 aromatic carbocycles. The van der Waals surface area contributed by atoms with Crippen LogP contribution in [0, 0.1) is 17.0 Å². The second-order valence-electron chi connectivity index (χ2n) is 5.93. The molecule has 0 bridgehead atoms. The number of fused-ring (bicyclic) bond motifs is 1. The first-order chi connectivity index (χ1) is 11.6. The van der Waals surface area contributed by atoms with Crippen LogP contribution in [0.2, 0.25) is 0 Å². The monoisotopic (exact) mass is 332 g/mol. The molecule has 9 heteroatoms. The van der Waals surface area contributed by atoms with Crippen molar-refractivity contribution in [3.8, 4) is 0 Å². The van der Waals surface area contributed by atoms with Gasteiger partial charge in [-0.2, -0.15) is 5.10 Å². The van der Waals surface area contributed by atoms with Crippen molar-refractivity contribution < 1.29 is 4.92 Å². The van der Waals surface area contributed by atoms with Crippen LogP contribution in [0.25, 0.3) is 0 Å². The van der Waals surface area contributed by atoms with Crippen LogP contribution in [-0.4, -0.2) is 30.8 Å². The molecule has 0 aliphatic carbocycles. The highest BCUT2D eigenvalue weighted by molar-refractivity contribution is 5.48. The van der Waals surface area contributed by atoms with Crippen LogP contribution in [0.4, 0.5) is 11.5 Å². The highest BCUT2D eigenvalue weighted by Gasteiger charge is 2.16. The van der Waals surface area contributed by atoms with E-state index in [0.29, 0.717) is 25.3 Å². The van der Waals surface area contributed by atoms with E-state index in [2.05, 4.69) is 15.4 Å². The Morgan fingerprint density at radius 2 is 2.25 bits per heavy atom. The van der Waals surface area contributed by atoms with Gasteiger partial charge in [-0.05, 0) is 31.7 Å². The fourth-order valence-corrected chi connectivity index (χ4v) is 2.87. The Hall–Kier alpha value is -2.71. The van der Waals surface area contributed by atoms with Gasteiger partial charge in [0.15, 0.2) is 0 Å². The van der Waals surface area contributed by atoms with E-state index in [-0.39, 0.29) is 11.4 Å². The lowest BCUT2D eigenvalue weighted by Gasteiger charge is -2.09. The lowest BCUT2D eigenvalue weighted by molar-refractivity contribution is -0.385. The Bertz CT molecular complexity index is 810. The van der Waals surface area contributed by atoms with E-state index in [1.54, 1.807) is 11.5 Å². The van der Waals surface area contributed by atoms with Crippen molar-refractivity contribution >= 4 is 11.5 Å². The molecule has 1 aliphatic rings. The van der Waals surface area contributed by atoms with Crippen LogP contribution < -0.4 is 11.0 Å². The molecule has 0 saturated carbocycles. The number of hydrogen-bond acceptors (Lipinski definition) is 6. The largest absolute Gasteiger partial charge is 0.370 e. The summed E-state index contributed by atoms with van der Waals surface area (Å²) in [6.07, 6.45) is 4.94. The molecule has 2 aromatic heterocycles. The summed E-state index contributed by atoms with van der Waals surface area (Å²) in [4.78, 5) is 26.5. The first-order valence-electron chi connectivity index (χ1n) is 8.07. The molecule has 2 aromatic rings. The second-order valence-corrected chi connectivity index (χ2v) is 5.93. The third-order valence-corrected chi connectivity index (χ3v) is 4.15. The van der Waals surface area contributed by atoms with Crippen molar-refractivity contribution in [3.05, 3.63) is 44.2 Å². The van der Waals surface area contributed by atoms with E-state index in [9.17, 15) is 14.9 Å². The van der Waals surface area contributed by atoms with E-state index < -0.39 is 4.92 Å². The fraction of sp³-hybridized carbons (Fsp3) is 0.533. The zero-order valence-corrected chi connectivity index (χ0v) is 13.6. The Balaban J connectivity index is 1.55. The number of nitrogens with one attached hydrogen (secondary N) is 1. The van der Waals surface area contributed by atoms with Crippen molar-refractivity contribution in [1.82, 2.24) is 19.3 Å². The normalized spacial score (nSPS) is 13.5. The van der Waals surface area contributed by atoms with Crippen LogP contribution in [0.1, 0.15) is 30.7 Å². The highest BCUT2D eigenvalue weighted by atomic mass is 16.6. The van der Waals surface area contributed by atoms with Gasteiger partial charge in [0, 0.05) is 32.1 Å². The zero-order valence-electron chi connectivity index (χ0n) is 13.6. The molecule has 1 N–H and O–H groups in total. The van der Waals surface area contributed by atoms with Crippen LogP contribution in [0.3, 0.4) is 0 Å². The van der Waals surface area contributed by atoms with Crippen LogP contribution in [0.15, 0.2) is 17.1 Å². The standard InChI is InChI=1S/C15H20N6O3/c1-11-9-12(21(23)24)10-17-14(11)16-6-4-8-20-15(22)19-7-3-2-5-13(19)18-20/h9-10H,2-8H2,1H3,(H,16,17). The first kappa shape index (κ1) is 16.2. The molecule has 1 aliphatic heterocycles. The predicted octanol–water partition coefficient (Wildman–Crippen LogP) is 1.49. The Morgan fingerprint density at radius 3 is 2.96 bits per heavy atom. The molecule has 0 saturated heterocycles. The van der Waals surface area contributed by atoms with Crippen LogP contribution in [-0.2, 0) is 19.5 Å².